The smallest absolute Gasteiger partial charge is 0.409 e. The first-order chi connectivity index (χ1) is 11.4. The maximum absolute atomic E-state index is 12.2. The van der Waals surface area contributed by atoms with Crippen molar-refractivity contribution in [2.75, 3.05) is 26.7 Å². The highest BCUT2D eigenvalue weighted by molar-refractivity contribution is 5.95. The van der Waals surface area contributed by atoms with Gasteiger partial charge in [-0.05, 0) is 31.7 Å². The van der Waals surface area contributed by atoms with Crippen LogP contribution in [0.1, 0.15) is 28.8 Å². The fourth-order valence-electron chi connectivity index (χ4n) is 2.74. The van der Waals surface area contributed by atoms with Gasteiger partial charge in [0.1, 0.15) is 0 Å². The molecule has 1 aromatic rings. The molecular formula is C16H21N3O5. The molecule has 0 atom stereocenters. The maximum atomic E-state index is 12.2. The van der Waals surface area contributed by atoms with Gasteiger partial charge >= 0.3 is 6.09 Å². The Labute approximate surface area is 139 Å². The number of aryl methyl sites for hydroxylation is 1. The quantitative estimate of drug-likeness (QED) is 0.671. The van der Waals surface area contributed by atoms with Crippen LogP contribution in [-0.2, 0) is 4.74 Å². The molecule has 2 rings (SSSR count). The number of piperidine rings is 1. The van der Waals surface area contributed by atoms with Crippen molar-refractivity contribution >= 4 is 17.7 Å². The molecule has 0 unspecified atom stereocenters. The normalized spacial score (nSPS) is 15.0. The zero-order valence-electron chi connectivity index (χ0n) is 13.8. The number of ether oxygens (including phenoxy) is 1. The van der Waals surface area contributed by atoms with Crippen LogP contribution in [0.25, 0.3) is 0 Å². The molecule has 0 aliphatic carbocycles. The number of hydrogen-bond donors (Lipinski definition) is 1. The van der Waals surface area contributed by atoms with Gasteiger partial charge < -0.3 is 15.0 Å². The number of carbonyl (C=O) groups is 2. The summed E-state index contributed by atoms with van der Waals surface area (Å²) in [5.74, 6) is -0.0520. The van der Waals surface area contributed by atoms with E-state index < -0.39 is 4.92 Å². The van der Waals surface area contributed by atoms with Gasteiger partial charge in [-0.15, -0.1) is 0 Å². The van der Waals surface area contributed by atoms with Crippen LogP contribution in [0.2, 0.25) is 0 Å². The molecule has 1 N–H and O–H groups in total. The van der Waals surface area contributed by atoms with Crippen molar-refractivity contribution in [1.82, 2.24) is 10.2 Å². The summed E-state index contributed by atoms with van der Waals surface area (Å²) in [6.07, 6.45) is 1.23. The minimum absolute atomic E-state index is 0.0611. The van der Waals surface area contributed by atoms with Gasteiger partial charge in [-0.1, -0.05) is 6.07 Å². The number of amides is 2. The lowest BCUT2D eigenvalue weighted by molar-refractivity contribution is -0.385. The molecule has 1 heterocycles. The molecule has 0 bridgehead atoms. The molecule has 0 spiro atoms. The van der Waals surface area contributed by atoms with E-state index >= 15 is 0 Å². The standard InChI is InChI=1S/C16H21N3O5/c1-11-3-4-13(9-14(11)19(22)23)15(20)17-10-12-5-7-18(8-6-12)16(21)24-2/h3-4,9,12H,5-8,10H2,1-2H3,(H,17,20). The van der Waals surface area contributed by atoms with Crippen LogP contribution in [0.15, 0.2) is 18.2 Å². The lowest BCUT2D eigenvalue weighted by atomic mass is 9.97. The van der Waals surface area contributed by atoms with E-state index in [1.165, 1.54) is 13.2 Å². The summed E-state index contributed by atoms with van der Waals surface area (Å²) in [7, 11) is 1.36. The first kappa shape index (κ1) is 17.7. The molecule has 8 heteroatoms. The SMILES string of the molecule is COC(=O)N1CCC(CNC(=O)c2ccc(C)c([N+](=O)[O-])c2)CC1. The van der Waals surface area contributed by atoms with E-state index in [-0.39, 0.29) is 29.2 Å². The number of benzene rings is 1. The second kappa shape index (κ2) is 7.76. The van der Waals surface area contributed by atoms with Crippen molar-refractivity contribution in [3.8, 4) is 0 Å². The molecular weight excluding hydrogens is 314 g/mol. The van der Waals surface area contributed by atoms with E-state index in [1.807, 2.05) is 0 Å². The third-order valence-electron chi connectivity index (χ3n) is 4.27. The number of nitrogens with one attached hydrogen (secondary N) is 1. The number of nitrogens with zero attached hydrogens (tertiary/aromatic N) is 2. The van der Waals surface area contributed by atoms with E-state index in [4.69, 9.17) is 0 Å². The van der Waals surface area contributed by atoms with Crippen molar-refractivity contribution in [2.24, 2.45) is 5.92 Å². The minimum Gasteiger partial charge on any atom is -0.453 e. The van der Waals surface area contributed by atoms with Gasteiger partial charge in [0.25, 0.3) is 11.6 Å². The highest BCUT2D eigenvalue weighted by Gasteiger charge is 2.23. The highest BCUT2D eigenvalue weighted by atomic mass is 16.6. The molecule has 0 saturated carbocycles. The van der Waals surface area contributed by atoms with Crippen LogP contribution >= 0.6 is 0 Å². The molecule has 2 amide bonds. The third-order valence-corrected chi connectivity index (χ3v) is 4.27. The molecule has 130 valence electrons. The van der Waals surface area contributed by atoms with E-state index in [0.29, 0.717) is 25.2 Å². The summed E-state index contributed by atoms with van der Waals surface area (Å²) in [6.45, 7) is 3.32. The predicted molar refractivity (Wildman–Crippen MR) is 86.9 cm³/mol. The summed E-state index contributed by atoms with van der Waals surface area (Å²) in [5.41, 5.74) is 0.736. The Kier molecular flexibility index (Phi) is 5.73. The van der Waals surface area contributed by atoms with E-state index in [1.54, 1.807) is 24.0 Å². The van der Waals surface area contributed by atoms with Crippen LogP contribution in [-0.4, -0.2) is 48.6 Å². The van der Waals surface area contributed by atoms with Crippen molar-refractivity contribution < 1.29 is 19.2 Å². The van der Waals surface area contributed by atoms with Crippen molar-refractivity contribution in [3.63, 3.8) is 0 Å². The Morgan fingerprint density at radius 3 is 2.62 bits per heavy atom. The Morgan fingerprint density at radius 1 is 1.38 bits per heavy atom. The summed E-state index contributed by atoms with van der Waals surface area (Å²) < 4.78 is 4.68. The molecule has 0 aromatic heterocycles. The van der Waals surface area contributed by atoms with Crippen LogP contribution in [0.3, 0.4) is 0 Å². The Hall–Kier alpha value is -2.64. The van der Waals surface area contributed by atoms with E-state index in [0.717, 1.165) is 12.8 Å². The fraction of sp³-hybridized carbons (Fsp3) is 0.500. The molecule has 1 saturated heterocycles. The van der Waals surface area contributed by atoms with E-state index in [9.17, 15) is 19.7 Å². The molecule has 1 aliphatic heterocycles. The predicted octanol–water partition coefficient (Wildman–Crippen LogP) is 2.11. The second-order valence-corrected chi connectivity index (χ2v) is 5.87. The van der Waals surface area contributed by atoms with E-state index in [2.05, 4.69) is 10.1 Å². The monoisotopic (exact) mass is 335 g/mol. The lowest BCUT2D eigenvalue weighted by Gasteiger charge is -2.30. The van der Waals surface area contributed by atoms with Gasteiger partial charge in [0, 0.05) is 36.8 Å². The molecule has 1 aliphatic rings. The summed E-state index contributed by atoms with van der Waals surface area (Å²) in [4.78, 5) is 35.7. The first-order valence-electron chi connectivity index (χ1n) is 7.78. The lowest BCUT2D eigenvalue weighted by Crippen LogP contribution is -2.41. The summed E-state index contributed by atoms with van der Waals surface area (Å²) in [5, 5.41) is 13.8. The average Bonchev–Trinajstić information content (AvgIpc) is 2.59. The van der Waals surface area contributed by atoms with Gasteiger partial charge in [-0.3, -0.25) is 14.9 Å². The third kappa shape index (κ3) is 4.21. The zero-order valence-corrected chi connectivity index (χ0v) is 13.8. The van der Waals surface area contributed by atoms with Gasteiger partial charge in [0.15, 0.2) is 0 Å². The number of hydrogen-bond acceptors (Lipinski definition) is 5. The molecule has 0 radical (unpaired) electrons. The number of nitro groups is 1. The maximum Gasteiger partial charge on any atom is 0.409 e. The highest BCUT2D eigenvalue weighted by Crippen LogP contribution is 2.20. The minimum atomic E-state index is -0.491. The van der Waals surface area contributed by atoms with Crippen LogP contribution < -0.4 is 5.32 Å². The molecule has 8 nitrogen and oxygen atoms in total. The number of methoxy groups -OCH3 is 1. The average molecular weight is 335 g/mol. The number of likely N-dealkylation sites (tertiary alicyclic amines) is 1. The topological polar surface area (TPSA) is 102 Å². The van der Waals surface area contributed by atoms with Crippen LogP contribution in [0, 0.1) is 23.0 Å². The Morgan fingerprint density at radius 2 is 2.04 bits per heavy atom. The number of nitro benzene ring substituents is 1. The summed E-state index contributed by atoms with van der Waals surface area (Å²) >= 11 is 0. The number of rotatable bonds is 4. The van der Waals surface area contributed by atoms with Gasteiger partial charge in [0.2, 0.25) is 0 Å². The van der Waals surface area contributed by atoms with Crippen molar-refractivity contribution in [3.05, 3.63) is 39.4 Å². The molecule has 1 aromatic carbocycles. The summed E-state index contributed by atoms with van der Waals surface area (Å²) in [6, 6.07) is 4.45. The number of carbonyl (C=O) groups excluding carboxylic acids is 2. The van der Waals surface area contributed by atoms with Gasteiger partial charge in [-0.2, -0.15) is 0 Å². The van der Waals surface area contributed by atoms with Crippen molar-refractivity contribution in [1.29, 1.82) is 0 Å². The second-order valence-electron chi connectivity index (χ2n) is 5.87. The molecule has 1 fully saturated rings. The molecule has 24 heavy (non-hydrogen) atoms. The Balaban J connectivity index is 1.87. The van der Waals surface area contributed by atoms with Crippen molar-refractivity contribution in [2.45, 2.75) is 19.8 Å². The first-order valence-corrected chi connectivity index (χ1v) is 7.78. The Bertz CT molecular complexity index is 639. The van der Waals surface area contributed by atoms with Crippen LogP contribution in [0.5, 0.6) is 0 Å². The zero-order chi connectivity index (χ0) is 17.7. The fourth-order valence-corrected chi connectivity index (χ4v) is 2.74. The largest absolute Gasteiger partial charge is 0.453 e. The van der Waals surface area contributed by atoms with Gasteiger partial charge in [0.05, 0.1) is 12.0 Å². The van der Waals surface area contributed by atoms with Crippen LogP contribution in [0.4, 0.5) is 10.5 Å². The van der Waals surface area contributed by atoms with Gasteiger partial charge in [-0.25, -0.2) is 4.79 Å².